The van der Waals surface area contributed by atoms with Gasteiger partial charge >= 0.3 is 6.18 Å². The van der Waals surface area contributed by atoms with Crippen molar-refractivity contribution in [1.82, 2.24) is 9.97 Å². The molecule has 0 saturated heterocycles. The zero-order valence-corrected chi connectivity index (χ0v) is 13.4. The van der Waals surface area contributed by atoms with E-state index in [1.54, 1.807) is 4.90 Å². The number of hydrogen-bond acceptors (Lipinski definition) is 4. The molecule has 8 heteroatoms. The molecule has 22 heavy (non-hydrogen) atoms. The molecule has 0 N–H and O–H groups in total. The van der Waals surface area contributed by atoms with Crippen LogP contribution in [0.3, 0.4) is 0 Å². The van der Waals surface area contributed by atoms with Gasteiger partial charge in [0.05, 0.1) is 7.11 Å². The first-order chi connectivity index (χ1) is 10.4. The lowest BCUT2D eigenvalue weighted by Crippen LogP contribution is -2.20. The molecule has 0 bridgehead atoms. The Morgan fingerprint density at radius 1 is 1.32 bits per heavy atom. The van der Waals surface area contributed by atoms with Gasteiger partial charge in [0.2, 0.25) is 11.8 Å². The molecule has 0 aliphatic carbocycles. The van der Waals surface area contributed by atoms with E-state index in [9.17, 15) is 13.2 Å². The van der Waals surface area contributed by atoms with Crippen LogP contribution in [0.5, 0.6) is 5.88 Å². The molecule has 0 spiro atoms. The molecule has 118 valence electrons. The maximum atomic E-state index is 12.8. The molecule has 1 aromatic heterocycles. The SMILES string of the molecule is CCN(c1cccc(Br)c1)c1ncc(C(F)(F)F)c(OC)n1. The lowest BCUT2D eigenvalue weighted by Gasteiger charge is -2.22. The minimum Gasteiger partial charge on any atom is -0.480 e. The molecule has 1 aromatic carbocycles. The van der Waals surface area contributed by atoms with Crippen LogP contribution >= 0.6 is 15.9 Å². The molecule has 0 radical (unpaired) electrons. The molecular formula is C14H13BrF3N3O. The molecule has 1 heterocycles. The van der Waals surface area contributed by atoms with E-state index in [-0.39, 0.29) is 5.95 Å². The van der Waals surface area contributed by atoms with Crippen LogP contribution < -0.4 is 9.64 Å². The topological polar surface area (TPSA) is 38.2 Å². The highest BCUT2D eigenvalue weighted by molar-refractivity contribution is 9.10. The summed E-state index contributed by atoms with van der Waals surface area (Å²) < 4.78 is 44.1. The quantitative estimate of drug-likeness (QED) is 0.792. The third-order valence-electron chi connectivity index (χ3n) is 2.92. The first-order valence-corrected chi connectivity index (χ1v) is 7.17. The number of benzene rings is 1. The van der Waals surface area contributed by atoms with Gasteiger partial charge in [-0.25, -0.2) is 4.98 Å². The summed E-state index contributed by atoms with van der Waals surface area (Å²) in [5, 5.41) is 0. The summed E-state index contributed by atoms with van der Waals surface area (Å²) >= 11 is 3.36. The highest BCUT2D eigenvalue weighted by Gasteiger charge is 2.36. The molecule has 0 atom stereocenters. The van der Waals surface area contributed by atoms with Crippen LogP contribution in [-0.2, 0) is 6.18 Å². The second kappa shape index (κ2) is 6.51. The fourth-order valence-electron chi connectivity index (χ4n) is 1.92. The molecule has 0 saturated carbocycles. The number of alkyl halides is 3. The minimum atomic E-state index is -4.56. The molecule has 0 aliphatic rings. The number of ether oxygens (including phenoxy) is 1. The Labute approximate surface area is 134 Å². The van der Waals surface area contributed by atoms with Gasteiger partial charge in [-0.3, -0.25) is 0 Å². The molecule has 2 aromatic rings. The van der Waals surface area contributed by atoms with Crippen molar-refractivity contribution in [2.24, 2.45) is 0 Å². The minimum absolute atomic E-state index is 0.144. The lowest BCUT2D eigenvalue weighted by atomic mass is 10.3. The number of aromatic nitrogens is 2. The van der Waals surface area contributed by atoms with Crippen molar-refractivity contribution < 1.29 is 17.9 Å². The molecule has 0 aliphatic heterocycles. The highest BCUT2D eigenvalue weighted by Crippen LogP contribution is 2.36. The second-order valence-corrected chi connectivity index (χ2v) is 5.23. The van der Waals surface area contributed by atoms with Crippen LogP contribution in [0, 0.1) is 0 Å². The van der Waals surface area contributed by atoms with Gasteiger partial charge in [-0.2, -0.15) is 18.2 Å². The average Bonchev–Trinajstić information content (AvgIpc) is 2.47. The third kappa shape index (κ3) is 3.49. The number of anilines is 2. The third-order valence-corrected chi connectivity index (χ3v) is 3.41. The van der Waals surface area contributed by atoms with Crippen molar-refractivity contribution >= 4 is 27.6 Å². The standard InChI is InChI=1S/C14H13BrF3N3O/c1-3-21(10-6-4-5-9(15)7-10)13-19-8-11(14(16,17)18)12(20-13)22-2/h4-8H,3H2,1-2H3. The van der Waals surface area contributed by atoms with Gasteiger partial charge in [-0.1, -0.05) is 22.0 Å². The highest BCUT2D eigenvalue weighted by atomic mass is 79.9. The van der Waals surface area contributed by atoms with E-state index in [0.717, 1.165) is 23.5 Å². The van der Waals surface area contributed by atoms with Crippen molar-refractivity contribution in [3.63, 3.8) is 0 Å². The van der Waals surface area contributed by atoms with Crippen molar-refractivity contribution in [3.05, 3.63) is 40.5 Å². The number of nitrogens with zero attached hydrogens (tertiary/aromatic N) is 3. The van der Waals surface area contributed by atoms with Crippen LogP contribution in [-0.4, -0.2) is 23.6 Å². The summed E-state index contributed by atoms with van der Waals surface area (Å²) in [6, 6.07) is 7.33. The summed E-state index contributed by atoms with van der Waals surface area (Å²) in [6.45, 7) is 2.35. The number of rotatable bonds is 4. The van der Waals surface area contributed by atoms with Gasteiger partial charge in [0.1, 0.15) is 5.56 Å². The van der Waals surface area contributed by atoms with Gasteiger partial charge in [-0.05, 0) is 25.1 Å². The van der Waals surface area contributed by atoms with Crippen molar-refractivity contribution in [3.8, 4) is 5.88 Å². The van der Waals surface area contributed by atoms with E-state index in [0.29, 0.717) is 6.54 Å². The summed E-state index contributed by atoms with van der Waals surface area (Å²) in [6.07, 6.45) is -3.82. The Hall–Kier alpha value is -1.83. The lowest BCUT2D eigenvalue weighted by molar-refractivity contribution is -0.139. The Morgan fingerprint density at radius 2 is 2.05 bits per heavy atom. The van der Waals surface area contributed by atoms with E-state index in [2.05, 4.69) is 25.9 Å². The van der Waals surface area contributed by atoms with Crippen LogP contribution in [0.4, 0.5) is 24.8 Å². The first-order valence-electron chi connectivity index (χ1n) is 6.38. The van der Waals surface area contributed by atoms with Crippen LogP contribution in [0.2, 0.25) is 0 Å². The molecule has 0 fully saturated rings. The largest absolute Gasteiger partial charge is 0.480 e. The zero-order valence-electron chi connectivity index (χ0n) is 11.9. The van der Waals surface area contributed by atoms with E-state index in [4.69, 9.17) is 4.74 Å². The second-order valence-electron chi connectivity index (χ2n) is 4.31. The van der Waals surface area contributed by atoms with E-state index >= 15 is 0 Å². The van der Waals surface area contributed by atoms with Crippen molar-refractivity contribution in [2.45, 2.75) is 13.1 Å². The maximum Gasteiger partial charge on any atom is 0.423 e. The monoisotopic (exact) mass is 375 g/mol. The Morgan fingerprint density at radius 3 is 2.59 bits per heavy atom. The van der Waals surface area contributed by atoms with Gasteiger partial charge < -0.3 is 9.64 Å². The molecule has 0 unspecified atom stereocenters. The predicted molar refractivity (Wildman–Crippen MR) is 80.4 cm³/mol. The van der Waals surface area contributed by atoms with Crippen LogP contribution in [0.1, 0.15) is 12.5 Å². The number of methoxy groups -OCH3 is 1. The fourth-order valence-corrected chi connectivity index (χ4v) is 2.31. The predicted octanol–water partition coefficient (Wildman–Crippen LogP) is 4.42. The van der Waals surface area contributed by atoms with Gasteiger partial charge in [0.15, 0.2) is 0 Å². The van der Waals surface area contributed by atoms with E-state index in [1.807, 2.05) is 31.2 Å². The maximum absolute atomic E-state index is 12.8. The Balaban J connectivity index is 2.47. The Kier molecular flexibility index (Phi) is 4.90. The smallest absolute Gasteiger partial charge is 0.423 e. The zero-order chi connectivity index (χ0) is 16.3. The normalized spacial score (nSPS) is 11.4. The van der Waals surface area contributed by atoms with Gasteiger partial charge in [-0.15, -0.1) is 0 Å². The molecule has 4 nitrogen and oxygen atoms in total. The molecular weight excluding hydrogens is 363 g/mol. The van der Waals surface area contributed by atoms with Gasteiger partial charge in [0, 0.05) is 22.9 Å². The summed E-state index contributed by atoms with van der Waals surface area (Å²) in [4.78, 5) is 9.41. The summed E-state index contributed by atoms with van der Waals surface area (Å²) in [7, 11) is 1.15. The first kappa shape index (κ1) is 16.5. The summed E-state index contributed by atoms with van der Waals surface area (Å²) in [5.41, 5.74) is -0.234. The summed E-state index contributed by atoms with van der Waals surface area (Å²) in [5.74, 6) is -0.351. The Bertz CT molecular complexity index is 664. The van der Waals surface area contributed by atoms with Crippen LogP contribution in [0.25, 0.3) is 0 Å². The van der Waals surface area contributed by atoms with E-state index in [1.165, 1.54) is 0 Å². The number of halogens is 4. The van der Waals surface area contributed by atoms with E-state index < -0.39 is 17.6 Å². The van der Waals surface area contributed by atoms with Crippen molar-refractivity contribution in [2.75, 3.05) is 18.6 Å². The van der Waals surface area contributed by atoms with Gasteiger partial charge in [0.25, 0.3) is 0 Å². The van der Waals surface area contributed by atoms with Crippen LogP contribution in [0.15, 0.2) is 34.9 Å². The number of hydrogen-bond donors (Lipinski definition) is 0. The van der Waals surface area contributed by atoms with Crippen molar-refractivity contribution in [1.29, 1.82) is 0 Å². The molecule has 2 rings (SSSR count). The average molecular weight is 376 g/mol. The molecule has 0 amide bonds. The fraction of sp³-hybridized carbons (Fsp3) is 0.286.